The molecule has 7 nitrogen and oxygen atoms in total. The SMILES string of the molecule is CC(C)C[C@@H](NC(=O)c1cnc2n(c1=O)CCS2)C(=O)O. The number of aromatic nitrogens is 2. The summed E-state index contributed by atoms with van der Waals surface area (Å²) in [7, 11) is 0. The topological polar surface area (TPSA) is 101 Å². The highest BCUT2D eigenvalue weighted by Gasteiger charge is 2.25. The van der Waals surface area contributed by atoms with Crippen molar-refractivity contribution >= 4 is 23.6 Å². The fraction of sp³-hybridized carbons (Fsp3) is 0.538. The minimum atomic E-state index is -1.11. The summed E-state index contributed by atoms with van der Waals surface area (Å²) in [6, 6.07) is -1.01. The van der Waals surface area contributed by atoms with Gasteiger partial charge in [-0.1, -0.05) is 25.6 Å². The summed E-state index contributed by atoms with van der Waals surface area (Å²) in [4.78, 5) is 39.5. The van der Waals surface area contributed by atoms with Crippen LogP contribution in [0.4, 0.5) is 0 Å². The number of aliphatic carboxylic acids is 1. The number of hydrogen-bond acceptors (Lipinski definition) is 5. The van der Waals surface area contributed by atoms with E-state index in [0.717, 1.165) is 5.75 Å². The minimum absolute atomic E-state index is 0.113. The quantitative estimate of drug-likeness (QED) is 0.771. The summed E-state index contributed by atoms with van der Waals surface area (Å²) >= 11 is 1.46. The first-order chi connectivity index (χ1) is 9.90. The number of nitrogens with one attached hydrogen (secondary N) is 1. The van der Waals surface area contributed by atoms with Crippen LogP contribution in [0.5, 0.6) is 0 Å². The van der Waals surface area contributed by atoms with Crippen molar-refractivity contribution < 1.29 is 14.7 Å². The predicted octanol–water partition coefficient (Wildman–Crippen LogP) is 0.578. The van der Waals surface area contributed by atoms with Crippen molar-refractivity contribution in [2.75, 3.05) is 5.75 Å². The maximum Gasteiger partial charge on any atom is 0.326 e. The monoisotopic (exact) mass is 311 g/mol. The van der Waals surface area contributed by atoms with E-state index >= 15 is 0 Å². The van der Waals surface area contributed by atoms with Crippen molar-refractivity contribution in [3.63, 3.8) is 0 Å². The third-order valence-electron chi connectivity index (χ3n) is 3.11. The Morgan fingerprint density at radius 1 is 1.52 bits per heavy atom. The van der Waals surface area contributed by atoms with Crippen molar-refractivity contribution in [1.82, 2.24) is 14.9 Å². The van der Waals surface area contributed by atoms with Gasteiger partial charge in [-0.25, -0.2) is 9.78 Å². The zero-order valence-electron chi connectivity index (χ0n) is 11.8. The molecule has 1 aromatic heterocycles. The Bertz CT molecular complexity index is 626. The van der Waals surface area contributed by atoms with Gasteiger partial charge in [0.25, 0.3) is 11.5 Å². The zero-order valence-corrected chi connectivity index (χ0v) is 12.6. The summed E-state index contributed by atoms with van der Waals surface area (Å²) in [6.45, 7) is 4.25. The molecule has 0 spiro atoms. The molecular weight excluding hydrogens is 294 g/mol. The highest BCUT2D eigenvalue weighted by Crippen LogP contribution is 2.20. The molecule has 2 N–H and O–H groups in total. The molecule has 0 aliphatic carbocycles. The number of rotatable bonds is 5. The van der Waals surface area contributed by atoms with Gasteiger partial charge in [0, 0.05) is 18.5 Å². The second-order valence-corrected chi connectivity index (χ2v) is 6.32. The van der Waals surface area contributed by atoms with Gasteiger partial charge >= 0.3 is 5.97 Å². The molecule has 0 radical (unpaired) electrons. The number of carboxylic acids is 1. The molecule has 2 heterocycles. The van der Waals surface area contributed by atoms with Gasteiger partial charge in [0.05, 0.1) is 0 Å². The van der Waals surface area contributed by atoms with Gasteiger partial charge in [0.2, 0.25) is 0 Å². The number of fused-ring (bicyclic) bond motifs is 1. The van der Waals surface area contributed by atoms with Crippen molar-refractivity contribution in [2.24, 2.45) is 5.92 Å². The lowest BCUT2D eigenvalue weighted by atomic mass is 10.0. The Labute approximate surface area is 125 Å². The van der Waals surface area contributed by atoms with E-state index in [2.05, 4.69) is 10.3 Å². The third kappa shape index (κ3) is 3.44. The Kier molecular flexibility index (Phi) is 4.66. The Morgan fingerprint density at radius 3 is 2.86 bits per heavy atom. The molecule has 1 atom stereocenters. The van der Waals surface area contributed by atoms with Gasteiger partial charge in [0.15, 0.2) is 5.16 Å². The molecule has 1 aliphatic rings. The molecule has 1 amide bonds. The van der Waals surface area contributed by atoms with Crippen LogP contribution in [0.3, 0.4) is 0 Å². The highest BCUT2D eigenvalue weighted by molar-refractivity contribution is 7.99. The molecule has 1 aliphatic heterocycles. The number of nitrogens with zero attached hydrogens (tertiary/aromatic N) is 2. The Balaban J connectivity index is 2.20. The molecule has 0 bridgehead atoms. The van der Waals surface area contributed by atoms with E-state index < -0.39 is 23.5 Å². The largest absolute Gasteiger partial charge is 0.480 e. The number of hydrogen-bond donors (Lipinski definition) is 2. The number of thioether (sulfide) groups is 1. The van der Waals surface area contributed by atoms with Crippen molar-refractivity contribution in [3.05, 3.63) is 22.1 Å². The highest BCUT2D eigenvalue weighted by atomic mass is 32.2. The van der Waals surface area contributed by atoms with Crippen LogP contribution in [0.1, 0.15) is 30.6 Å². The molecule has 0 saturated heterocycles. The van der Waals surface area contributed by atoms with Crippen LogP contribution in [-0.4, -0.2) is 38.3 Å². The van der Waals surface area contributed by atoms with E-state index in [1.54, 1.807) is 0 Å². The summed E-state index contributed by atoms with van der Waals surface area (Å²) in [5.74, 6) is -0.935. The van der Waals surface area contributed by atoms with E-state index in [9.17, 15) is 14.4 Å². The number of carbonyl (C=O) groups excluding carboxylic acids is 1. The van der Waals surface area contributed by atoms with Crippen LogP contribution in [0, 0.1) is 5.92 Å². The molecule has 1 aromatic rings. The van der Waals surface area contributed by atoms with E-state index in [1.165, 1.54) is 22.5 Å². The second-order valence-electron chi connectivity index (χ2n) is 5.25. The van der Waals surface area contributed by atoms with Gasteiger partial charge in [-0.15, -0.1) is 0 Å². The molecule has 2 rings (SSSR count). The molecule has 0 saturated carbocycles. The van der Waals surface area contributed by atoms with Gasteiger partial charge in [-0.2, -0.15) is 0 Å². The zero-order chi connectivity index (χ0) is 15.6. The van der Waals surface area contributed by atoms with Gasteiger partial charge in [-0.05, 0) is 12.3 Å². The first kappa shape index (κ1) is 15.6. The summed E-state index contributed by atoms with van der Waals surface area (Å²) in [6.07, 6.45) is 1.52. The van der Waals surface area contributed by atoms with Crippen molar-refractivity contribution in [3.8, 4) is 0 Å². The summed E-state index contributed by atoms with van der Waals surface area (Å²) < 4.78 is 1.44. The molecular formula is C13H17N3O4S. The number of carboxylic acid groups (broad SMARTS) is 1. The lowest BCUT2D eigenvalue weighted by Crippen LogP contribution is -2.44. The lowest BCUT2D eigenvalue weighted by molar-refractivity contribution is -0.139. The standard InChI is InChI=1S/C13H17N3O4S/c1-7(2)5-9(12(19)20)15-10(17)8-6-14-13-16(11(8)18)3-4-21-13/h6-7,9H,3-5H2,1-2H3,(H,15,17)(H,19,20)/t9-/m1/s1. The van der Waals surface area contributed by atoms with Crippen LogP contribution >= 0.6 is 11.8 Å². The molecule has 114 valence electrons. The van der Waals surface area contributed by atoms with Gasteiger partial charge in [-0.3, -0.25) is 14.2 Å². The fourth-order valence-electron chi connectivity index (χ4n) is 2.10. The Morgan fingerprint density at radius 2 is 2.24 bits per heavy atom. The fourth-order valence-corrected chi connectivity index (χ4v) is 3.02. The molecule has 0 fully saturated rings. The van der Waals surface area contributed by atoms with Crippen LogP contribution in [0.15, 0.2) is 16.1 Å². The van der Waals surface area contributed by atoms with E-state index in [1.807, 2.05) is 13.8 Å². The van der Waals surface area contributed by atoms with Gasteiger partial charge in [0.1, 0.15) is 11.6 Å². The van der Waals surface area contributed by atoms with Crippen LogP contribution in [-0.2, 0) is 11.3 Å². The van der Waals surface area contributed by atoms with E-state index in [-0.39, 0.29) is 11.5 Å². The smallest absolute Gasteiger partial charge is 0.326 e. The molecule has 0 aromatic carbocycles. The first-order valence-corrected chi connectivity index (χ1v) is 7.65. The number of carbonyl (C=O) groups is 2. The second kappa shape index (κ2) is 6.30. The van der Waals surface area contributed by atoms with Crippen LogP contribution in [0.2, 0.25) is 0 Å². The van der Waals surface area contributed by atoms with Crippen LogP contribution in [0.25, 0.3) is 0 Å². The molecule has 0 unspecified atom stereocenters. The average molecular weight is 311 g/mol. The molecule has 21 heavy (non-hydrogen) atoms. The van der Waals surface area contributed by atoms with Crippen molar-refractivity contribution in [1.29, 1.82) is 0 Å². The predicted molar refractivity (Wildman–Crippen MR) is 77.6 cm³/mol. The lowest BCUT2D eigenvalue weighted by Gasteiger charge is -2.16. The maximum absolute atomic E-state index is 12.2. The summed E-state index contributed by atoms with van der Waals surface area (Å²) in [5, 5.41) is 12.1. The van der Waals surface area contributed by atoms with E-state index in [4.69, 9.17) is 5.11 Å². The minimum Gasteiger partial charge on any atom is -0.480 e. The normalized spacial score (nSPS) is 14.8. The van der Waals surface area contributed by atoms with Crippen LogP contribution < -0.4 is 10.9 Å². The summed E-state index contributed by atoms with van der Waals surface area (Å²) in [5.41, 5.74) is -0.535. The first-order valence-electron chi connectivity index (χ1n) is 6.66. The average Bonchev–Trinajstić information content (AvgIpc) is 2.86. The molecule has 8 heteroatoms. The third-order valence-corrected chi connectivity index (χ3v) is 4.08. The van der Waals surface area contributed by atoms with E-state index in [0.29, 0.717) is 18.1 Å². The van der Waals surface area contributed by atoms with Crippen molar-refractivity contribution in [2.45, 2.75) is 38.0 Å². The Hall–Kier alpha value is -1.83. The number of amides is 1. The maximum atomic E-state index is 12.2. The van der Waals surface area contributed by atoms with Gasteiger partial charge < -0.3 is 10.4 Å².